The molecule has 20 heavy (non-hydrogen) atoms. The summed E-state index contributed by atoms with van der Waals surface area (Å²) in [5, 5.41) is 10.9. The lowest BCUT2D eigenvalue weighted by Gasteiger charge is -2.16. The van der Waals surface area contributed by atoms with Crippen molar-refractivity contribution in [2.45, 2.75) is 50.2 Å². The van der Waals surface area contributed by atoms with Gasteiger partial charge in [-0.25, -0.2) is 0 Å². The number of carboxylic acid groups (broad SMARTS) is 1. The fourth-order valence-electron chi connectivity index (χ4n) is 1.46. The van der Waals surface area contributed by atoms with Gasteiger partial charge in [-0.2, -0.15) is 0 Å². The second kappa shape index (κ2) is 10.0. The van der Waals surface area contributed by atoms with Crippen LogP contribution >= 0.6 is 0 Å². The van der Waals surface area contributed by atoms with Crippen LogP contribution in [0, 0.1) is 0 Å². The third-order valence-corrected chi connectivity index (χ3v) is 2.63. The van der Waals surface area contributed by atoms with E-state index in [4.69, 9.17) is 17.9 Å². The molecule has 0 fully saturated rings. The fraction of sp³-hybridized carbons (Fsp3) is 0.667. The molecule has 0 aromatic carbocycles. The predicted octanol–water partition coefficient (Wildman–Crippen LogP) is -1.44. The first-order valence-electron chi connectivity index (χ1n) is 6.70. The van der Waals surface area contributed by atoms with E-state index in [1.54, 1.807) is 0 Å². The first-order chi connectivity index (χ1) is 9.71. The van der Waals surface area contributed by atoms with Crippen molar-refractivity contribution < 1.29 is 25.7 Å². The monoisotopic (exact) mass is 288 g/mol. The first-order valence-corrected chi connectivity index (χ1v) is 6.20. The van der Waals surface area contributed by atoms with Crippen molar-refractivity contribution in [1.82, 2.24) is 5.32 Å². The molecule has 0 saturated heterocycles. The SMILES string of the molecule is [2H][C@](N)(C=O)CCC[C@@H](C=O)NC(=O)[C@@H](N)CCC(=O)O. The van der Waals surface area contributed by atoms with Crippen molar-refractivity contribution in [2.75, 3.05) is 0 Å². The number of carbonyl (C=O) groups is 4. The van der Waals surface area contributed by atoms with Crippen molar-refractivity contribution in [1.29, 1.82) is 0 Å². The van der Waals surface area contributed by atoms with Gasteiger partial charge >= 0.3 is 5.97 Å². The summed E-state index contributed by atoms with van der Waals surface area (Å²) in [5.41, 5.74) is 10.8. The van der Waals surface area contributed by atoms with E-state index in [1.165, 1.54) is 0 Å². The van der Waals surface area contributed by atoms with Crippen molar-refractivity contribution in [3.63, 3.8) is 0 Å². The van der Waals surface area contributed by atoms with E-state index in [0.29, 0.717) is 19.0 Å². The Hall–Kier alpha value is -1.80. The molecule has 0 unspecified atom stereocenters. The Kier molecular flexibility index (Phi) is 8.16. The van der Waals surface area contributed by atoms with E-state index in [2.05, 4.69) is 5.32 Å². The minimum atomic E-state index is -1.70. The normalized spacial score (nSPS) is 17.2. The number of aldehydes is 2. The molecule has 0 aliphatic carbocycles. The number of nitrogens with two attached hydrogens (primary N) is 2. The zero-order chi connectivity index (χ0) is 16.5. The standard InChI is InChI=1S/C12H21N3O5/c13-8(6-16)2-1-3-9(7-17)15-12(20)10(14)4-5-11(18)19/h6-10H,1-5,13-14H2,(H,15,20)(H,18,19)/t8-,9+,10+/m1/s1/i8D. The molecule has 8 heteroatoms. The third-order valence-electron chi connectivity index (χ3n) is 2.63. The molecule has 1 amide bonds. The highest BCUT2D eigenvalue weighted by molar-refractivity contribution is 5.84. The van der Waals surface area contributed by atoms with Gasteiger partial charge in [0, 0.05) is 6.42 Å². The molecule has 0 bridgehead atoms. The molecule has 0 aliphatic rings. The van der Waals surface area contributed by atoms with Crippen LogP contribution in [-0.2, 0) is 19.2 Å². The maximum atomic E-state index is 11.6. The number of carboxylic acids is 1. The van der Waals surface area contributed by atoms with Crippen LogP contribution < -0.4 is 16.8 Å². The smallest absolute Gasteiger partial charge is 0.303 e. The van der Waals surface area contributed by atoms with E-state index in [-0.39, 0.29) is 25.7 Å². The summed E-state index contributed by atoms with van der Waals surface area (Å²) in [6.07, 6.45) is 1.13. The second-order valence-corrected chi connectivity index (χ2v) is 4.38. The Morgan fingerprint density at radius 2 is 1.85 bits per heavy atom. The van der Waals surface area contributed by atoms with Gasteiger partial charge in [0.1, 0.15) is 12.6 Å². The minimum Gasteiger partial charge on any atom is -0.481 e. The highest BCUT2D eigenvalue weighted by Crippen LogP contribution is 2.02. The van der Waals surface area contributed by atoms with E-state index in [0.717, 1.165) is 0 Å². The number of rotatable bonds is 11. The van der Waals surface area contributed by atoms with Gasteiger partial charge in [-0.3, -0.25) is 9.59 Å². The maximum Gasteiger partial charge on any atom is 0.303 e. The Morgan fingerprint density at radius 3 is 2.35 bits per heavy atom. The lowest BCUT2D eigenvalue weighted by atomic mass is 10.1. The van der Waals surface area contributed by atoms with Gasteiger partial charge in [0.25, 0.3) is 0 Å². The number of nitrogens with one attached hydrogen (secondary N) is 1. The molecule has 0 aromatic heterocycles. The molecule has 0 heterocycles. The molecule has 0 rings (SSSR count). The Labute approximate surface area is 118 Å². The second-order valence-electron chi connectivity index (χ2n) is 4.38. The number of amides is 1. The molecule has 114 valence electrons. The zero-order valence-corrected chi connectivity index (χ0v) is 11.1. The molecule has 0 aromatic rings. The lowest BCUT2D eigenvalue weighted by molar-refractivity contribution is -0.137. The van der Waals surface area contributed by atoms with Gasteiger partial charge in [-0.15, -0.1) is 0 Å². The van der Waals surface area contributed by atoms with E-state index >= 15 is 0 Å². The molecular formula is C12H21N3O5. The number of hydrogen-bond donors (Lipinski definition) is 4. The Balaban J connectivity index is 4.18. The van der Waals surface area contributed by atoms with Crippen LogP contribution in [0.1, 0.15) is 33.5 Å². The molecular weight excluding hydrogens is 266 g/mol. The van der Waals surface area contributed by atoms with Gasteiger partial charge < -0.3 is 31.5 Å². The molecule has 8 nitrogen and oxygen atoms in total. The largest absolute Gasteiger partial charge is 0.481 e. The number of hydrogen-bond acceptors (Lipinski definition) is 6. The van der Waals surface area contributed by atoms with Gasteiger partial charge in [-0.1, -0.05) is 0 Å². The quantitative estimate of drug-likeness (QED) is 0.339. The minimum absolute atomic E-state index is 0.0312. The zero-order valence-electron chi connectivity index (χ0n) is 12.1. The highest BCUT2D eigenvalue weighted by atomic mass is 16.4. The van der Waals surface area contributed by atoms with Gasteiger partial charge in [0.15, 0.2) is 0 Å². The topological polar surface area (TPSA) is 153 Å². The molecule has 0 spiro atoms. The predicted molar refractivity (Wildman–Crippen MR) is 70.7 cm³/mol. The lowest BCUT2D eigenvalue weighted by Crippen LogP contribution is -2.46. The van der Waals surface area contributed by atoms with Crippen LogP contribution in [0.3, 0.4) is 0 Å². The van der Waals surface area contributed by atoms with Crippen LogP contribution in [0.15, 0.2) is 0 Å². The van der Waals surface area contributed by atoms with Crippen molar-refractivity contribution in [3.8, 4) is 0 Å². The summed E-state index contributed by atoms with van der Waals surface area (Å²) in [6.45, 7) is 0. The summed E-state index contributed by atoms with van der Waals surface area (Å²) in [7, 11) is 0. The Bertz CT molecular complexity index is 389. The molecule has 3 atom stereocenters. The van der Waals surface area contributed by atoms with E-state index in [1.807, 2.05) is 0 Å². The van der Waals surface area contributed by atoms with Crippen molar-refractivity contribution >= 4 is 24.4 Å². The number of aliphatic carboxylic acids is 1. The maximum absolute atomic E-state index is 11.6. The molecule has 0 aliphatic heterocycles. The Morgan fingerprint density at radius 1 is 1.20 bits per heavy atom. The molecule has 0 radical (unpaired) electrons. The number of carbonyl (C=O) groups excluding carboxylic acids is 3. The van der Waals surface area contributed by atoms with Crippen LogP contribution in [0.4, 0.5) is 0 Å². The van der Waals surface area contributed by atoms with Gasteiger partial charge in [-0.05, 0) is 25.7 Å². The summed E-state index contributed by atoms with van der Waals surface area (Å²) >= 11 is 0. The molecule has 0 saturated carbocycles. The summed E-state index contributed by atoms with van der Waals surface area (Å²) in [5.74, 6) is -1.68. The van der Waals surface area contributed by atoms with Gasteiger partial charge in [0.05, 0.1) is 19.5 Å². The molecule has 6 N–H and O–H groups in total. The van der Waals surface area contributed by atoms with Crippen LogP contribution in [-0.4, -0.2) is 47.7 Å². The average Bonchev–Trinajstić information content (AvgIpc) is 2.43. The van der Waals surface area contributed by atoms with Crippen LogP contribution in [0.2, 0.25) is 0 Å². The van der Waals surface area contributed by atoms with Gasteiger partial charge in [0.2, 0.25) is 5.91 Å². The fourth-order valence-corrected chi connectivity index (χ4v) is 1.46. The average molecular weight is 288 g/mol. The summed E-state index contributed by atoms with van der Waals surface area (Å²) in [6, 6.07) is -3.52. The highest BCUT2D eigenvalue weighted by Gasteiger charge is 2.18. The van der Waals surface area contributed by atoms with E-state index in [9.17, 15) is 19.2 Å². The third kappa shape index (κ3) is 8.33. The van der Waals surface area contributed by atoms with Crippen LogP contribution in [0.5, 0.6) is 0 Å². The van der Waals surface area contributed by atoms with Crippen molar-refractivity contribution in [3.05, 3.63) is 0 Å². The van der Waals surface area contributed by atoms with Crippen LogP contribution in [0.25, 0.3) is 0 Å². The van der Waals surface area contributed by atoms with Crippen molar-refractivity contribution in [2.24, 2.45) is 11.5 Å². The summed E-state index contributed by atoms with van der Waals surface area (Å²) < 4.78 is 7.34. The first kappa shape index (κ1) is 16.3. The van der Waals surface area contributed by atoms with E-state index < -0.39 is 30.0 Å². The summed E-state index contributed by atoms with van der Waals surface area (Å²) in [4.78, 5) is 43.3.